The summed E-state index contributed by atoms with van der Waals surface area (Å²) in [5, 5.41) is 0. The average Bonchev–Trinajstić information content (AvgIpc) is 1.89. The summed E-state index contributed by atoms with van der Waals surface area (Å²) < 4.78 is 0. The van der Waals surface area contributed by atoms with E-state index < -0.39 is 0 Å². The van der Waals surface area contributed by atoms with E-state index >= 15 is 0 Å². The zero-order chi connectivity index (χ0) is 6.69. The fraction of sp³-hybridized carbons (Fsp3) is 0.250. The number of anilines is 1. The first-order chi connectivity index (χ1) is 4.34. The normalized spacial score (nSPS) is 8.50. The first-order valence-electron chi connectivity index (χ1n) is 3.09. The SMILES string of the molecule is CCc1c[c-]ccc1N.[Y]. The number of hydrogen-bond donors (Lipinski definition) is 1. The molecule has 1 nitrogen and oxygen atoms in total. The van der Waals surface area contributed by atoms with Gasteiger partial charge in [-0.3, -0.25) is 0 Å². The van der Waals surface area contributed by atoms with Crippen molar-refractivity contribution >= 4 is 5.69 Å². The van der Waals surface area contributed by atoms with Crippen molar-refractivity contribution in [2.24, 2.45) is 0 Å². The second-order valence-electron chi connectivity index (χ2n) is 1.98. The molecule has 0 amide bonds. The number of aryl methyl sites for hydroxylation is 1. The van der Waals surface area contributed by atoms with Gasteiger partial charge in [-0.1, -0.05) is 19.0 Å². The number of nitrogens with two attached hydrogens (primary N) is 1. The Morgan fingerprint density at radius 3 is 2.70 bits per heavy atom. The van der Waals surface area contributed by atoms with Gasteiger partial charge in [-0.15, -0.1) is 11.6 Å². The van der Waals surface area contributed by atoms with Crippen LogP contribution >= 0.6 is 0 Å². The molecule has 0 saturated heterocycles. The molecule has 1 rings (SSSR count). The summed E-state index contributed by atoms with van der Waals surface area (Å²) in [4.78, 5) is 0. The van der Waals surface area contributed by atoms with Crippen molar-refractivity contribution < 1.29 is 32.7 Å². The first-order valence-corrected chi connectivity index (χ1v) is 3.09. The molecule has 0 spiro atoms. The number of rotatable bonds is 1. The van der Waals surface area contributed by atoms with Gasteiger partial charge in [0.1, 0.15) is 0 Å². The molecule has 0 saturated carbocycles. The van der Waals surface area contributed by atoms with Crippen LogP contribution < -0.4 is 5.73 Å². The number of hydrogen-bond acceptors (Lipinski definition) is 1. The summed E-state index contributed by atoms with van der Waals surface area (Å²) in [6.07, 6.45) is 0.989. The minimum absolute atomic E-state index is 0. The van der Waals surface area contributed by atoms with Gasteiger partial charge < -0.3 is 5.73 Å². The van der Waals surface area contributed by atoms with Crippen LogP contribution in [-0.4, -0.2) is 0 Å². The Kier molecular flexibility index (Phi) is 4.93. The smallest absolute Gasteiger partial charge is 0 e. The Morgan fingerprint density at radius 1 is 1.60 bits per heavy atom. The summed E-state index contributed by atoms with van der Waals surface area (Å²) in [6.45, 7) is 2.08. The number of benzene rings is 1. The van der Waals surface area contributed by atoms with Gasteiger partial charge in [-0.25, -0.2) is 0 Å². The third-order valence-electron chi connectivity index (χ3n) is 1.37. The van der Waals surface area contributed by atoms with E-state index in [-0.39, 0.29) is 32.7 Å². The van der Waals surface area contributed by atoms with E-state index in [1.165, 1.54) is 5.56 Å². The summed E-state index contributed by atoms with van der Waals surface area (Å²) in [5.74, 6) is 0. The number of nitrogen functional groups attached to an aromatic ring is 1. The van der Waals surface area contributed by atoms with Gasteiger partial charge in [0.2, 0.25) is 0 Å². The maximum atomic E-state index is 5.61. The van der Waals surface area contributed by atoms with Gasteiger partial charge in [-0.05, 0) is 0 Å². The van der Waals surface area contributed by atoms with Crippen molar-refractivity contribution in [3.05, 3.63) is 29.8 Å². The van der Waals surface area contributed by atoms with Gasteiger partial charge in [0.25, 0.3) is 0 Å². The van der Waals surface area contributed by atoms with E-state index in [2.05, 4.69) is 13.0 Å². The summed E-state index contributed by atoms with van der Waals surface area (Å²) in [6, 6.07) is 8.60. The zero-order valence-electron chi connectivity index (χ0n) is 6.09. The molecular formula is C8H10NY-. The van der Waals surface area contributed by atoms with Gasteiger partial charge in [-0.2, -0.15) is 18.2 Å². The predicted octanol–water partition coefficient (Wildman–Crippen LogP) is 1.63. The second kappa shape index (κ2) is 4.87. The molecule has 0 aromatic heterocycles. The molecule has 0 atom stereocenters. The molecule has 0 aliphatic carbocycles. The van der Waals surface area contributed by atoms with Crippen LogP contribution in [0.15, 0.2) is 18.2 Å². The molecule has 51 valence electrons. The van der Waals surface area contributed by atoms with Crippen LogP contribution in [0.25, 0.3) is 0 Å². The van der Waals surface area contributed by atoms with Crippen LogP contribution in [0.3, 0.4) is 0 Å². The summed E-state index contributed by atoms with van der Waals surface area (Å²) in [7, 11) is 0. The summed E-state index contributed by atoms with van der Waals surface area (Å²) >= 11 is 0. The third-order valence-corrected chi connectivity index (χ3v) is 1.37. The van der Waals surface area contributed by atoms with Gasteiger partial charge in [0, 0.05) is 32.7 Å². The summed E-state index contributed by atoms with van der Waals surface area (Å²) in [5.41, 5.74) is 7.66. The molecule has 10 heavy (non-hydrogen) atoms. The Labute approximate surface area is 86.9 Å². The Morgan fingerprint density at radius 2 is 2.30 bits per heavy atom. The molecule has 0 aliphatic heterocycles. The fourth-order valence-electron chi connectivity index (χ4n) is 0.783. The molecule has 0 heterocycles. The monoisotopic (exact) mass is 209 g/mol. The second-order valence-corrected chi connectivity index (χ2v) is 1.98. The topological polar surface area (TPSA) is 26.0 Å². The molecule has 0 bridgehead atoms. The Balaban J connectivity index is 0.000000810. The molecule has 1 radical (unpaired) electrons. The maximum absolute atomic E-state index is 5.61. The molecule has 0 aliphatic rings. The fourth-order valence-corrected chi connectivity index (χ4v) is 0.783. The molecule has 1 aromatic carbocycles. The van der Waals surface area contributed by atoms with E-state index in [4.69, 9.17) is 5.73 Å². The van der Waals surface area contributed by atoms with Crippen LogP contribution in [0.4, 0.5) is 5.69 Å². The van der Waals surface area contributed by atoms with Crippen LogP contribution in [0.1, 0.15) is 12.5 Å². The van der Waals surface area contributed by atoms with Gasteiger partial charge in [0.05, 0.1) is 0 Å². The van der Waals surface area contributed by atoms with Crippen molar-refractivity contribution in [3.8, 4) is 0 Å². The maximum Gasteiger partial charge on any atom is 0 e. The Bertz CT molecular complexity index is 198. The van der Waals surface area contributed by atoms with Gasteiger partial charge in [0.15, 0.2) is 0 Å². The van der Waals surface area contributed by atoms with Crippen molar-refractivity contribution in [3.63, 3.8) is 0 Å². The molecule has 2 N–H and O–H groups in total. The van der Waals surface area contributed by atoms with E-state index in [9.17, 15) is 0 Å². The molecular weight excluding hydrogens is 199 g/mol. The standard InChI is InChI=1S/C8H10N.Y/c1-2-7-5-3-4-6-8(7)9;/h4-6H,2,9H2,1H3;/q-1;. The Hall–Kier alpha value is 0.124. The molecule has 0 fully saturated rings. The first kappa shape index (κ1) is 10.1. The molecule has 2 heteroatoms. The van der Waals surface area contributed by atoms with Crippen molar-refractivity contribution in [2.75, 3.05) is 5.73 Å². The van der Waals surface area contributed by atoms with Crippen LogP contribution in [0.5, 0.6) is 0 Å². The minimum Gasteiger partial charge on any atom is -0.419 e. The largest absolute Gasteiger partial charge is 0.419 e. The zero-order valence-corrected chi connectivity index (χ0v) is 8.93. The van der Waals surface area contributed by atoms with E-state index in [1.807, 2.05) is 18.2 Å². The molecule has 1 aromatic rings. The van der Waals surface area contributed by atoms with Crippen molar-refractivity contribution in [1.29, 1.82) is 0 Å². The third kappa shape index (κ3) is 2.39. The van der Waals surface area contributed by atoms with Crippen molar-refractivity contribution in [1.82, 2.24) is 0 Å². The van der Waals surface area contributed by atoms with Crippen LogP contribution in [-0.2, 0) is 39.1 Å². The predicted molar refractivity (Wildman–Crippen MR) is 39.1 cm³/mol. The van der Waals surface area contributed by atoms with E-state index in [0.717, 1.165) is 12.1 Å². The van der Waals surface area contributed by atoms with Crippen molar-refractivity contribution in [2.45, 2.75) is 13.3 Å². The van der Waals surface area contributed by atoms with Crippen LogP contribution in [0, 0.1) is 6.07 Å². The average molecular weight is 209 g/mol. The van der Waals surface area contributed by atoms with E-state index in [0.29, 0.717) is 0 Å². The van der Waals surface area contributed by atoms with Crippen LogP contribution in [0.2, 0.25) is 0 Å². The molecule has 0 unspecified atom stereocenters. The minimum atomic E-state index is 0. The van der Waals surface area contributed by atoms with Gasteiger partial charge >= 0.3 is 0 Å². The van der Waals surface area contributed by atoms with E-state index in [1.54, 1.807) is 0 Å². The quantitative estimate of drug-likeness (QED) is 0.552.